The number of urea groups is 1. The number of pyridine rings is 1. The van der Waals surface area contributed by atoms with Crippen LogP contribution in [0.5, 0.6) is 0 Å². The van der Waals surface area contributed by atoms with E-state index < -0.39 is 29.0 Å². The first kappa shape index (κ1) is 14.4. The van der Waals surface area contributed by atoms with Crippen LogP contribution < -0.4 is 10.9 Å². The van der Waals surface area contributed by atoms with Gasteiger partial charge in [-0.25, -0.2) is 4.79 Å². The second-order valence-electron chi connectivity index (χ2n) is 4.88. The Labute approximate surface area is 112 Å². The van der Waals surface area contributed by atoms with Crippen LogP contribution >= 0.6 is 0 Å². The van der Waals surface area contributed by atoms with Crippen molar-refractivity contribution < 1.29 is 18.0 Å². The van der Waals surface area contributed by atoms with Gasteiger partial charge in [0.1, 0.15) is 5.69 Å². The smallest absolute Gasteiger partial charge is 0.327 e. The van der Waals surface area contributed by atoms with Gasteiger partial charge in [0, 0.05) is 19.8 Å². The van der Waals surface area contributed by atoms with Gasteiger partial charge in [0.25, 0.3) is 5.56 Å². The van der Waals surface area contributed by atoms with Gasteiger partial charge >= 0.3 is 12.2 Å². The molecule has 2 amide bonds. The number of hydrogen-bond donors (Lipinski definition) is 2. The topological polar surface area (TPSA) is 65.2 Å². The molecule has 0 aromatic carbocycles. The zero-order chi connectivity index (χ0) is 14.9. The lowest BCUT2D eigenvalue weighted by Crippen LogP contribution is -2.34. The number of carbonyl (C=O) groups is 1. The highest BCUT2D eigenvalue weighted by molar-refractivity contribution is 5.89. The van der Waals surface area contributed by atoms with Gasteiger partial charge in [-0.05, 0) is 24.8 Å². The van der Waals surface area contributed by atoms with Crippen molar-refractivity contribution in [3.8, 4) is 0 Å². The summed E-state index contributed by atoms with van der Waals surface area (Å²) in [6.07, 6.45) is -1.92. The van der Waals surface area contributed by atoms with Crippen LogP contribution in [0.25, 0.3) is 0 Å². The van der Waals surface area contributed by atoms with E-state index in [1.54, 1.807) is 0 Å². The van der Waals surface area contributed by atoms with Gasteiger partial charge in [-0.2, -0.15) is 13.2 Å². The fourth-order valence-corrected chi connectivity index (χ4v) is 1.72. The second-order valence-corrected chi connectivity index (χ2v) is 4.88. The Morgan fingerprint density at radius 3 is 2.70 bits per heavy atom. The fourth-order valence-electron chi connectivity index (χ4n) is 1.72. The van der Waals surface area contributed by atoms with Crippen LogP contribution in [0.2, 0.25) is 0 Å². The average molecular weight is 289 g/mol. The molecule has 2 N–H and O–H groups in total. The molecule has 8 heteroatoms. The largest absolute Gasteiger partial charge is 0.417 e. The maximum Gasteiger partial charge on any atom is 0.417 e. The van der Waals surface area contributed by atoms with Crippen molar-refractivity contribution in [2.24, 2.45) is 5.92 Å². The van der Waals surface area contributed by atoms with Gasteiger partial charge in [0.2, 0.25) is 0 Å². The molecule has 110 valence electrons. The maximum absolute atomic E-state index is 12.5. The van der Waals surface area contributed by atoms with Crippen molar-refractivity contribution in [3.05, 3.63) is 28.2 Å². The molecule has 1 heterocycles. The van der Waals surface area contributed by atoms with Crippen molar-refractivity contribution >= 4 is 11.7 Å². The Hall–Kier alpha value is -1.99. The van der Waals surface area contributed by atoms with Crippen molar-refractivity contribution in [3.63, 3.8) is 0 Å². The molecule has 0 spiro atoms. The van der Waals surface area contributed by atoms with Crippen LogP contribution in [-0.2, 0) is 6.18 Å². The number of H-pyrrole nitrogens is 1. The molecule has 0 saturated heterocycles. The second kappa shape index (κ2) is 5.18. The van der Waals surface area contributed by atoms with E-state index in [9.17, 15) is 22.8 Å². The monoisotopic (exact) mass is 289 g/mol. The normalized spacial score (nSPS) is 15.0. The maximum atomic E-state index is 12.5. The molecule has 0 atom stereocenters. The minimum Gasteiger partial charge on any atom is -0.327 e. The first-order valence-electron chi connectivity index (χ1n) is 6.09. The quantitative estimate of drug-likeness (QED) is 0.896. The Morgan fingerprint density at radius 1 is 1.50 bits per heavy atom. The van der Waals surface area contributed by atoms with Crippen LogP contribution in [0.15, 0.2) is 17.1 Å². The Bertz CT molecular complexity index is 564. The van der Waals surface area contributed by atoms with E-state index in [1.807, 2.05) is 4.98 Å². The number of anilines is 1. The highest BCUT2D eigenvalue weighted by Gasteiger charge is 2.32. The van der Waals surface area contributed by atoms with E-state index in [2.05, 4.69) is 5.32 Å². The van der Waals surface area contributed by atoms with Crippen molar-refractivity contribution in [2.75, 3.05) is 18.9 Å². The molecule has 5 nitrogen and oxygen atoms in total. The van der Waals surface area contributed by atoms with E-state index >= 15 is 0 Å². The van der Waals surface area contributed by atoms with E-state index in [1.165, 1.54) is 11.9 Å². The van der Waals surface area contributed by atoms with Gasteiger partial charge < -0.3 is 15.2 Å². The third kappa shape index (κ3) is 3.52. The number of nitrogens with zero attached hydrogens (tertiary/aromatic N) is 1. The van der Waals surface area contributed by atoms with Crippen LogP contribution in [0, 0.1) is 5.92 Å². The number of nitrogens with one attached hydrogen (secondary N) is 2. The number of amides is 2. The van der Waals surface area contributed by atoms with E-state index in [-0.39, 0.29) is 0 Å². The summed E-state index contributed by atoms with van der Waals surface area (Å²) < 4.78 is 37.6. The summed E-state index contributed by atoms with van der Waals surface area (Å²) in [6.45, 7) is 0.530. The predicted octanol–water partition coefficient (Wildman–Crippen LogP) is 2.27. The molecule has 1 aliphatic rings. The molecular weight excluding hydrogens is 275 g/mol. The van der Waals surface area contributed by atoms with Crippen LogP contribution in [-0.4, -0.2) is 29.5 Å². The SMILES string of the molecule is CN(CC1CC1)C(=O)Nc1cc(C(F)(F)F)c[nH]c1=O. The minimum atomic E-state index is -4.58. The zero-order valence-electron chi connectivity index (χ0n) is 10.8. The summed E-state index contributed by atoms with van der Waals surface area (Å²) in [5, 5.41) is 2.20. The Balaban J connectivity index is 2.11. The van der Waals surface area contributed by atoms with Crippen molar-refractivity contribution in [1.82, 2.24) is 9.88 Å². The number of rotatable bonds is 3. The molecule has 0 unspecified atom stereocenters. The molecule has 0 radical (unpaired) electrons. The minimum absolute atomic E-state index is 0.410. The summed E-state index contributed by atoms with van der Waals surface area (Å²) in [7, 11) is 1.54. The number of halogens is 3. The number of carbonyl (C=O) groups excluding carboxylic acids is 1. The lowest BCUT2D eigenvalue weighted by Gasteiger charge is -2.17. The summed E-state index contributed by atoms with van der Waals surface area (Å²) >= 11 is 0. The van der Waals surface area contributed by atoms with E-state index in [0.717, 1.165) is 12.8 Å². The van der Waals surface area contributed by atoms with Gasteiger partial charge in [0.05, 0.1) is 5.56 Å². The standard InChI is InChI=1S/C12H14F3N3O2/c1-18(6-7-2-3-7)11(20)17-9-4-8(12(13,14)15)5-16-10(9)19/h4-5,7H,2-3,6H2,1H3,(H,16,19)(H,17,20). The number of alkyl halides is 3. The number of aromatic nitrogens is 1. The molecule has 1 aromatic heterocycles. The third-order valence-electron chi connectivity index (χ3n) is 3.05. The first-order valence-corrected chi connectivity index (χ1v) is 6.09. The first-order chi connectivity index (χ1) is 9.27. The van der Waals surface area contributed by atoms with Crippen molar-refractivity contribution in [2.45, 2.75) is 19.0 Å². The van der Waals surface area contributed by atoms with Crippen molar-refractivity contribution in [1.29, 1.82) is 0 Å². The molecule has 0 aliphatic heterocycles. The molecular formula is C12H14F3N3O2. The average Bonchev–Trinajstić information content (AvgIpc) is 3.14. The zero-order valence-corrected chi connectivity index (χ0v) is 10.8. The number of aromatic amines is 1. The predicted molar refractivity (Wildman–Crippen MR) is 66.4 cm³/mol. The number of hydrogen-bond acceptors (Lipinski definition) is 2. The van der Waals surface area contributed by atoms with Crippen LogP contribution in [0.4, 0.5) is 23.7 Å². The van der Waals surface area contributed by atoms with Gasteiger partial charge in [-0.3, -0.25) is 4.79 Å². The summed E-state index contributed by atoms with van der Waals surface area (Å²) in [5.74, 6) is 0.450. The molecule has 1 aromatic rings. The van der Waals surface area contributed by atoms with Gasteiger partial charge in [-0.15, -0.1) is 0 Å². The molecule has 20 heavy (non-hydrogen) atoms. The Morgan fingerprint density at radius 2 is 2.15 bits per heavy atom. The summed E-state index contributed by atoms with van der Waals surface area (Å²) in [6, 6.07) is 0.0311. The third-order valence-corrected chi connectivity index (χ3v) is 3.05. The molecule has 1 fully saturated rings. The molecule has 1 aliphatic carbocycles. The van der Waals surface area contributed by atoms with Gasteiger partial charge in [0.15, 0.2) is 0 Å². The fraction of sp³-hybridized carbons (Fsp3) is 0.500. The summed E-state index contributed by atoms with van der Waals surface area (Å²) in [4.78, 5) is 26.5. The van der Waals surface area contributed by atoms with E-state index in [4.69, 9.17) is 0 Å². The van der Waals surface area contributed by atoms with Gasteiger partial charge in [-0.1, -0.05) is 0 Å². The van der Waals surface area contributed by atoms with E-state index in [0.29, 0.717) is 24.7 Å². The van der Waals surface area contributed by atoms with Crippen LogP contribution in [0.3, 0.4) is 0 Å². The van der Waals surface area contributed by atoms with Crippen LogP contribution in [0.1, 0.15) is 18.4 Å². The lowest BCUT2D eigenvalue weighted by atomic mass is 10.2. The lowest BCUT2D eigenvalue weighted by molar-refractivity contribution is -0.137. The summed E-state index contributed by atoms with van der Waals surface area (Å²) in [5.41, 5.74) is -2.20. The Kier molecular flexibility index (Phi) is 3.74. The molecule has 2 rings (SSSR count). The highest BCUT2D eigenvalue weighted by atomic mass is 19.4. The molecule has 0 bridgehead atoms. The highest BCUT2D eigenvalue weighted by Crippen LogP contribution is 2.30. The molecule has 1 saturated carbocycles.